The molecule has 3 rings (SSSR count). The van der Waals surface area contributed by atoms with E-state index in [2.05, 4.69) is 20.6 Å². The molecule has 0 unspecified atom stereocenters. The van der Waals surface area contributed by atoms with Gasteiger partial charge in [-0.2, -0.15) is 0 Å². The number of aromatic nitrogens is 2. The van der Waals surface area contributed by atoms with Crippen LogP contribution in [0, 0.1) is 6.92 Å². The molecule has 0 atom stereocenters. The molecule has 3 aromatic rings. The average Bonchev–Trinajstić information content (AvgIpc) is 2.57. The predicted octanol–water partition coefficient (Wildman–Crippen LogP) is 4.62. The minimum atomic E-state index is -0.979. The number of aryl methyl sites for hydroxylation is 1. The average molecular weight is 355 g/mol. The van der Waals surface area contributed by atoms with Crippen molar-refractivity contribution < 1.29 is 9.90 Å². The molecule has 0 bridgehead atoms. The van der Waals surface area contributed by atoms with Crippen molar-refractivity contribution in [3.8, 4) is 0 Å². The molecule has 1 heterocycles. The van der Waals surface area contributed by atoms with E-state index in [1.54, 1.807) is 43.3 Å². The van der Waals surface area contributed by atoms with Gasteiger partial charge in [-0.1, -0.05) is 17.7 Å². The zero-order chi connectivity index (χ0) is 17.8. The Hall–Kier alpha value is -3.12. The van der Waals surface area contributed by atoms with E-state index in [0.29, 0.717) is 28.2 Å². The number of aromatic carboxylic acids is 1. The monoisotopic (exact) mass is 354 g/mol. The Morgan fingerprint density at radius 2 is 1.60 bits per heavy atom. The van der Waals surface area contributed by atoms with Crippen LogP contribution in [0.1, 0.15) is 16.2 Å². The van der Waals surface area contributed by atoms with E-state index >= 15 is 0 Å². The Bertz CT molecular complexity index is 913. The van der Waals surface area contributed by atoms with Gasteiger partial charge in [-0.3, -0.25) is 0 Å². The van der Waals surface area contributed by atoms with Crippen molar-refractivity contribution in [2.45, 2.75) is 6.92 Å². The number of hydrogen-bond acceptors (Lipinski definition) is 5. The van der Waals surface area contributed by atoms with E-state index in [-0.39, 0.29) is 5.56 Å². The number of carbonyl (C=O) groups is 1. The first kappa shape index (κ1) is 16.7. The lowest BCUT2D eigenvalue weighted by molar-refractivity contribution is 0.0697. The topological polar surface area (TPSA) is 87.1 Å². The molecule has 0 aliphatic heterocycles. The van der Waals surface area contributed by atoms with Gasteiger partial charge in [0.15, 0.2) is 0 Å². The summed E-state index contributed by atoms with van der Waals surface area (Å²) in [5, 5.41) is 16.0. The maximum atomic E-state index is 11.1. The number of halogens is 1. The smallest absolute Gasteiger partial charge is 0.335 e. The maximum Gasteiger partial charge on any atom is 0.335 e. The number of carboxylic acid groups (broad SMARTS) is 1. The molecule has 7 heteroatoms. The second-order valence-corrected chi connectivity index (χ2v) is 5.76. The van der Waals surface area contributed by atoms with Crippen LogP contribution in [0.15, 0.2) is 54.6 Å². The van der Waals surface area contributed by atoms with Crippen molar-refractivity contribution in [2.75, 3.05) is 10.6 Å². The highest BCUT2D eigenvalue weighted by Crippen LogP contribution is 2.22. The number of anilines is 4. The van der Waals surface area contributed by atoms with Crippen LogP contribution in [0.25, 0.3) is 0 Å². The van der Waals surface area contributed by atoms with Crippen LogP contribution in [0.2, 0.25) is 5.02 Å². The molecular weight excluding hydrogens is 340 g/mol. The van der Waals surface area contributed by atoms with Gasteiger partial charge in [0.1, 0.15) is 17.5 Å². The first-order valence-electron chi connectivity index (χ1n) is 7.48. The van der Waals surface area contributed by atoms with Crippen molar-refractivity contribution in [3.63, 3.8) is 0 Å². The third-order valence-corrected chi connectivity index (χ3v) is 3.59. The lowest BCUT2D eigenvalue weighted by Crippen LogP contribution is -2.02. The number of benzene rings is 2. The van der Waals surface area contributed by atoms with E-state index in [1.807, 2.05) is 12.1 Å². The summed E-state index contributed by atoms with van der Waals surface area (Å²) >= 11 is 5.89. The van der Waals surface area contributed by atoms with Crippen LogP contribution < -0.4 is 10.6 Å². The van der Waals surface area contributed by atoms with Gasteiger partial charge in [-0.15, -0.1) is 0 Å². The van der Waals surface area contributed by atoms with Crippen molar-refractivity contribution in [1.29, 1.82) is 0 Å². The van der Waals surface area contributed by atoms with Gasteiger partial charge in [0, 0.05) is 22.5 Å². The number of rotatable bonds is 5. The third-order valence-electron chi connectivity index (χ3n) is 3.34. The molecule has 0 radical (unpaired) electrons. The molecular formula is C18H15ClN4O2. The van der Waals surface area contributed by atoms with Crippen molar-refractivity contribution in [2.24, 2.45) is 0 Å². The predicted molar refractivity (Wildman–Crippen MR) is 98.2 cm³/mol. The summed E-state index contributed by atoms with van der Waals surface area (Å²) in [6.45, 7) is 1.78. The third kappa shape index (κ3) is 4.45. The highest BCUT2D eigenvalue weighted by atomic mass is 35.5. The summed E-state index contributed by atoms with van der Waals surface area (Å²) in [4.78, 5) is 19.7. The molecule has 0 amide bonds. The molecule has 1 aromatic heterocycles. The van der Waals surface area contributed by atoms with Gasteiger partial charge in [0.05, 0.1) is 5.56 Å². The molecule has 2 aromatic carbocycles. The number of nitrogens with one attached hydrogen (secondary N) is 2. The zero-order valence-corrected chi connectivity index (χ0v) is 14.1. The van der Waals surface area contributed by atoms with E-state index < -0.39 is 5.97 Å². The van der Waals surface area contributed by atoms with Crippen LogP contribution in [0.4, 0.5) is 23.0 Å². The van der Waals surface area contributed by atoms with Crippen LogP contribution in [0.3, 0.4) is 0 Å². The lowest BCUT2D eigenvalue weighted by atomic mass is 10.2. The molecule has 0 aliphatic rings. The van der Waals surface area contributed by atoms with Gasteiger partial charge in [0.2, 0.25) is 0 Å². The molecule has 0 fully saturated rings. The standard InChI is InChI=1S/C18H15ClN4O2/c1-11-20-16(22-14-7-5-13(19)6-8-14)10-17(21-11)23-15-4-2-3-12(9-15)18(24)25/h2-10H,1H3,(H,24,25)(H2,20,21,22,23). The molecule has 0 saturated heterocycles. The quantitative estimate of drug-likeness (QED) is 0.619. The normalized spacial score (nSPS) is 10.3. The molecule has 25 heavy (non-hydrogen) atoms. The van der Waals surface area contributed by atoms with Gasteiger partial charge >= 0.3 is 5.97 Å². The van der Waals surface area contributed by atoms with Gasteiger partial charge in [-0.05, 0) is 49.4 Å². The fourth-order valence-electron chi connectivity index (χ4n) is 2.25. The summed E-state index contributed by atoms with van der Waals surface area (Å²) in [7, 11) is 0. The van der Waals surface area contributed by atoms with Gasteiger partial charge in [0.25, 0.3) is 0 Å². The highest BCUT2D eigenvalue weighted by molar-refractivity contribution is 6.30. The second kappa shape index (κ2) is 7.19. The molecule has 126 valence electrons. The van der Waals surface area contributed by atoms with Crippen molar-refractivity contribution in [3.05, 3.63) is 71.0 Å². The Labute approximate surface area is 149 Å². The molecule has 3 N–H and O–H groups in total. The first-order valence-corrected chi connectivity index (χ1v) is 7.86. The summed E-state index contributed by atoms with van der Waals surface area (Å²) < 4.78 is 0. The van der Waals surface area contributed by atoms with E-state index in [0.717, 1.165) is 5.69 Å². The van der Waals surface area contributed by atoms with E-state index in [4.69, 9.17) is 16.7 Å². The minimum absolute atomic E-state index is 0.204. The summed E-state index contributed by atoms with van der Waals surface area (Å²) in [5.74, 6) is 0.779. The Morgan fingerprint density at radius 1 is 0.960 bits per heavy atom. The summed E-state index contributed by atoms with van der Waals surface area (Å²) in [5.41, 5.74) is 1.69. The fraction of sp³-hybridized carbons (Fsp3) is 0.0556. The van der Waals surface area contributed by atoms with Crippen LogP contribution >= 0.6 is 11.6 Å². The SMILES string of the molecule is Cc1nc(Nc2ccc(Cl)cc2)cc(Nc2cccc(C(=O)O)c2)n1. The zero-order valence-electron chi connectivity index (χ0n) is 13.3. The summed E-state index contributed by atoms with van der Waals surface area (Å²) in [6, 6.07) is 15.5. The number of nitrogens with zero attached hydrogens (tertiary/aromatic N) is 2. The Morgan fingerprint density at radius 3 is 2.24 bits per heavy atom. The van der Waals surface area contributed by atoms with Crippen LogP contribution in [-0.2, 0) is 0 Å². The van der Waals surface area contributed by atoms with E-state index in [9.17, 15) is 4.79 Å². The Kier molecular flexibility index (Phi) is 4.81. The Balaban J connectivity index is 1.83. The first-order chi connectivity index (χ1) is 12.0. The molecule has 0 aliphatic carbocycles. The van der Waals surface area contributed by atoms with E-state index in [1.165, 1.54) is 6.07 Å². The molecule has 0 saturated carbocycles. The molecule has 6 nitrogen and oxygen atoms in total. The lowest BCUT2D eigenvalue weighted by Gasteiger charge is -2.11. The van der Waals surface area contributed by atoms with Crippen molar-refractivity contribution >= 4 is 40.6 Å². The van der Waals surface area contributed by atoms with Gasteiger partial charge < -0.3 is 15.7 Å². The number of hydrogen-bond donors (Lipinski definition) is 3. The largest absolute Gasteiger partial charge is 0.478 e. The van der Waals surface area contributed by atoms with Gasteiger partial charge in [-0.25, -0.2) is 14.8 Å². The number of carboxylic acids is 1. The second-order valence-electron chi connectivity index (χ2n) is 5.33. The fourth-order valence-corrected chi connectivity index (χ4v) is 2.38. The molecule has 0 spiro atoms. The summed E-state index contributed by atoms with van der Waals surface area (Å²) in [6.07, 6.45) is 0. The van der Waals surface area contributed by atoms with Crippen molar-refractivity contribution in [1.82, 2.24) is 9.97 Å². The van der Waals surface area contributed by atoms with Crippen LogP contribution in [-0.4, -0.2) is 21.0 Å². The van der Waals surface area contributed by atoms with Crippen LogP contribution in [0.5, 0.6) is 0 Å². The highest BCUT2D eigenvalue weighted by Gasteiger charge is 2.06. The minimum Gasteiger partial charge on any atom is -0.478 e. The maximum absolute atomic E-state index is 11.1.